The highest BCUT2D eigenvalue weighted by Crippen LogP contribution is 2.11. The first kappa shape index (κ1) is 18.2. The van der Waals surface area contributed by atoms with Gasteiger partial charge in [0.1, 0.15) is 6.04 Å². The van der Waals surface area contributed by atoms with Crippen LogP contribution in [0.5, 0.6) is 0 Å². The number of nitrogens with one attached hydrogen (secondary N) is 1. The smallest absolute Gasteiger partial charge is 0.337 e. The number of aliphatic carboxylic acids is 1. The van der Waals surface area contributed by atoms with Crippen LogP contribution in [0, 0.1) is 6.92 Å². The molecule has 6 heteroatoms. The molecule has 0 fully saturated rings. The molecule has 2 aromatic rings. The molecular formula is C19H19NO5. The van der Waals surface area contributed by atoms with E-state index in [0.29, 0.717) is 0 Å². The standard InChI is InChI=1S/C19H19NO5/c1-12-6-3-4-7-13(12)11-16(18(22)23)20-17(21)14-8-5-9-15(10-14)19(24)25-2/h3-10,16H,11H2,1-2H3,(H,20,21)(H,22,23)/t16-/m0/s1. The van der Waals surface area contributed by atoms with E-state index in [2.05, 4.69) is 10.1 Å². The number of ether oxygens (including phenoxy) is 1. The van der Waals surface area contributed by atoms with E-state index in [0.717, 1.165) is 11.1 Å². The van der Waals surface area contributed by atoms with Gasteiger partial charge in [-0.3, -0.25) is 4.79 Å². The van der Waals surface area contributed by atoms with E-state index in [-0.39, 0.29) is 17.5 Å². The molecule has 130 valence electrons. The van der Waals surface area contributed by atoms with Crippen molar-refractivity contribution < 1.29 is 24.2 Å². The molecule has 0 saturated heterocycles. The van der Waals surface area contributed by atoms with Crippen molar-refractivity contribution in [2.75, 3.05) is 7.11 Å². The van der Waals surface area contributed by atoms with Gasteiger partial charge in [-0.05, 0) is 36.2 Å². The van der Waals surface area contributed by atoms with Gasteiger partial charge in [0.2, 0.25) is 0 Å². The number of hydrogen-bond acceptors (Lipinski definition) is 4. The van der Waals surface area contributed by atoms with Gasteiger partial charge < -0.3 is 15.2 Å². The van der Waals surface area contributed by atoms with Gasteiger partial charge in [0.05, 0.1) is 12.7 Å². The Bertz CT molecular complexity index is 800. The fourth-order valence-electron chi connectivity index (χ4n) is 2.41. The largest absolute Gasteiger partial charge is 0.480 e. The lowest BCUT2D eigenvalue weighted by atomic mass is 10.0. The van der Waals surface area contributed by atoms with Gasteiger partial charge in [-0.15, -0.1) is 0 Å². The summed E-state index contributed by atoms with van der Waals surface area (Å²) in [5.41, 5.74) is 2.22. The molecule has 0 radical (unpaired) electrons. The number of carbonyl (C=O) groups is 3. The minimum Gasteiger partial charge on any atom is -0.480 e. The molecule has 0 unspecified atom stereocenters. The number of aryl methyl sites for hydroxylation is 1. The minimum atomic E-state index is -1.12. The molecule has 0 aliphatic rings. The number of carboxylic acids is 1. The predicted molar refractivity (Wildman–Crippen MR) is 91.6 cm³/mol. The first-order chi connectivity index (χ1) is 11.9. The van der Waals surface area contributed by atoms with Crippen LogP contribution in [0.3, 0.4) is 0 Å². The zero-order chi connectivity index (χ0) is 18.4. The Hall–Kier alpha value is -3.15. The van der Waals surface area contributed by atoms with Gasteiger partial charge in [0.25, 0.3) is 5.91 Å². The summed E-state index contributed by atoms with van der Waals surface area (Å²) in [5.74, 6) is -2.25. The first-order valence-corrected chi connectivity index (χ1v) is 7.69. The molecule has 0 aromatic heterocycles. The molecule has 1 amide bonds. The van der Waals surface area contributed by atoms with E-state index < -0.39 is 23.9 Å². The van der Waals surface area contributed by atoms with Crippen LogP contribution in [0.25, 0.3) is 0 Å². The average molecular weight is 341 g/mol. The zero-order valence-electron chi connectivity index (χ0n) is 14.0. The summed E-state index contributed by atoms with van der Waals surface area (Å²) in [6.07, 6.45) is 0.171. The van der Waals surface area contributed by atoms with Gasteiger partial charge in [-0.2, -0.15) is 0 Å². The Morgan fingerprint density at radius 2 is 1.76 bits per heavy atom. The summed E-state index contributed by atoms with van der Waals surface area (Å²) >= 11 is 0. The Labute approximate surface area is 145 Å². The second kappa shape index (κ2) is 8.10. The molecule has 1 atom stereocenters. The molecule has 25 heavy (non-hydrogen) atoms. The Morgan fingerprint density at radius 1 is 1.08 bits per heavy atom. The van der Waals surface area contributed by atoms with Crippen LogP contribution in [0.1, 0.15) is 31.8 Å². The fraction of sp³-hybridized carbons (Fsp3) is 0.211. The summed E-state index contributed by atoms with van der Waals surface area (Å²) in [6.45, 7) is 1.88. The summed E-state index contributed by atoms with van der Waals surface area (Å²) in [7, 11) is 1.25. The van der Waals surface area contributed by atoms with Crippen molar-refractivity contribution in [2.45, 2.75) is 19.4 Å². The number of carboxylic acid groups (broad SMARTS) is 1. The van der Waals surface area contributed by atoms with E-state index in [9.17, 15) is 19.5 Å². The number of hydrogen-bond donors (Lipinski definition) is 2. The average Bonchev–Trinajstić information content (AvgIpc) is 2.62. The number of carbonyl (C=O) groups excluding carboxylic acids is 2. The number of amides is 1. The van der Waals surface area contributed by atoms with Crippen molar-refractivity contribution in [1.29, 1.82) is 0 Å². The molecule has 2 rings (SSSR count). The normalized spacial score (nSPS) is 11.4. The zero-order valence-corrected chi connectivity index (χ0v) is 14.0. The van der Waals surface area contributed by atoms with Gasteiger partial charge >= 0.3 is 11.9 Å². The second-order valence-corrected chi connectivity index (χ2v) is 5.57. The maximum atomic E-state index is 12.4. The van der Waals surface area contributed by atoms with Crippen molar-refractivity contribution in [1.82, 2.24) is 5.32 Å². The molecule has 0 aliphatic heterocycles. The van der Waals surface area contributed by atoms with E-state index in [1.54, 1.807) is 0 Å². The summed E-state index contributed by atoms with van der Waals surface area (Å²) in [4.78, 5) is 35.4. The fourth-order valence-corrected chi connectivity index (χ4v) is 2.41. The van der Waals surface area contributed by atoms with Crippen molar-refractivity contribution in [2.24, 2.45) is 0 Å². The third-order valence-corrected chi connectivity index (χ3v) is 3.83. The highest BCUT2D eigenvalue weighted by Gasteiger charge is 2.22. The van der Waals surface area contributed by atoms with Crippen LogP contribution < -0.4 is 5.32 Å². The molecule has 2 N–H and O–H groups in total. The number of esters is 1. The van der Waals surface area contributed by atoms with E-state index >= 15 is 0 Å². The molecule has 0 heterocycles. The van der Waals surface area contributed by atoms with Crippen LogP contribution in [0.15, 0.2) is 48.5 Å². The van der Waals surface area contributed by atoms with Crippen LogP contribution in [0.4, 0.5) is 0 Å². The Morgan fingerprint density at radius 3 is 2.40 bits per heavy atom. The lowest BCUT2D eigenvalue weighted by molar-refractivity contribution is -0.139. The topological polar surface area (TPSA) is 92.7 Å². The maximum absolute atomic E-state index is 12.4. The molecule has 2 aromatic carbocycles. The quantitative estimate of drug-likeness (QED) is 0.786. The minimum absolute atomic E-state index is 0.171. The van der Waals surface area contributed by atoms with Crippen LogP contribution in [-0.2, 0) is 16.0 Å². The third-order valence-electron chi connectivity index (χ3n) is 3.83. The van der Waals surface area contributed by atoms with Crippen LogP contribution >= 0.6 is 0 Å². The molecule has 0 aliphatic carbocycles. The lowest BCUT2D eigenvalue weighted by Crippen LogP contribution is -2.42. The van der Waals surface area contributed by atoms with E-state index in [1.165, 1.54) is 31.4 Å². The molecular weight excluding hydrogens is 322 g/mol. The SMILES string of the molecule is COC(=O)c1cccc(C(=O)N[C@@H](Cc2ccccc2C)C(=O)O)c1. The third kappa shape index (κ3) is 4.67. The number of methoxy groups -OCH3 is 1. The summed E-state index contributed by atoms with van der Waals surface area (Å²) in [5, 5.41) is 11.9. The molecule has 0 spiro atoms. The van der Waals surface area contributed by atoms with E-state index in [4.69, 9.17) is 0 Å². The monoisotopic (exact) mass is 341 g/mol. The highest BCUT2D eigenvalue weighted by molar-refractivity contribution is 5.99. The number of rotatable bonds is 6. The van der Waals surface area contributed by atoms with Crippen LogP contribution in [0.2, 0.25) is 0 Å². The summed E-state index contributed by atoms with van der Waals surface area (Å²) in [6, 6.07) is 12.3. The molecule has 6 nitrogen and oxygen atoms in total. The Kier molecular flexibility index (Phi) is 5.89. The molecule has 0 bridgehead atoms. The van der Waals surface area contributed by atoms with Crippen LogP contribution in [-0.4, -0.2) is 36.1 Å². The second-order valence-electron chi connectivity index (χ2n) is 5.57. The van der Waals surface area contributed by atoms with Crippen molar-refractivity contribution in [3.8, 4) is 0 Å². The molecule has 0 saturated carbocycles. The summed E-state index contributed by atoms with van der Waals surface area (Å²) < 4.78 is 4.62. The van der Waals surface area contributed by atoms with E-state index in [1.807, 2.05) is 31.2 Å². The maximum Gasteiger partial charge on any atom is 0.337 e. The Balaban J connectivity index is 2.17. The highest BCUT2D eigenvalue weighted by atomic mass is 16.5. The van der Waals surface area contributed by atoms with Gasteiger partial charge in [-0.25, -0.2) is 9.59 Å². The van der Waals surface area contributed by atoms with Gasteiger partial charge in [0, 0.05) is 12.0 Å². The van der Waals surface area contributed by atoms with Crippen molar-refractivity contribution in [3.63, 3.8) is 0 Å². The first-order valence-electron chi connectivity index (χ1n) is 7.69. The van der Waals surface area contributed by atoms with Gasteiger partial charge in [0.15, 0.2) is 0 Å². The van der Waals surface area contributed by atoms with Crippen molar-refractivity contribution >= 4 is 17.8 Å². The van der Waals surface area contributed by atoms with Gasteiger partial charge in [-0.1, -0.05) is 30.3 Å². The predicted octanol–water partition coefficient (Wildman–Crippen LogP) is 2.21. The van der Waals surface area contributed by atoms with Crippen molar-refractivity contribution in [3.05, 3.63) is 70.8 Å². The lowest BCUT2D eigenvalue weighted by Gasteiger charge is -2.16. The number of benzene rings is 2.